The fourth-order valence-electron chi connectivity index (χ4n) is 4.18. The molecular formula is C28H34FN3O2. The van der Waals surface area contributed by atoms with Gasteiger partial charge in [-0.05, 0) is 74.4 Å². The summed E-state index contributed by atoms with van der Waals surface area (Å²) >= 11 is 0. The lowest BCUT2D eigenvalue weighted by Crippen LogP contribution is -2.34. The van der Waals surface area contributed by atoms with Crippen molar-refractivity contribution in [1.29, 1.82) is 0 Å². The Bertz CT molecular complexity index is 1060. The van der Waals surface area contributed by atoms with Gasteiger partial charge in [-0.2, -0.15) is 5.10 Å². The summed E-state index contributed by atoms with van der Waals surface area (Å²) in [6.45, 7) is 8.04. The Kier molecular flexibility index (Phi) is 8.14. The highest BCUT2D eigenvalue weighted by molar-refractivity contribution is 5.43. The molecule has 1 unspecified atom stereocenters. The van der Waals surface area contributed by atoms with Crippen LogP contribution in [0.5, 0.6) is 11.6 Å². The van der Waals surface area contributed by atoms with Crippen LogP contribution in [0.2, 0.25) is 0 Å². The van der Waals surface area contributed by atoms with Crippen LogP contribution in [0.3, 0.4) is 0 Å². The van der Waals surface area contributed by atoms with Crippen LogP contribution in [0.15, 0.2) is 67.3 Å². The molecule has 34 heavy (non-hydrogen) atoms. The van der Waals surface area contributed by atoms with E-state index in [1.165, 1.54) is 25.0 Å². The molecule has 1 aromatic heterocycles. The molecule has 0 saturated heterocycles. The summed E-state index contributed by atoms with van der Waals surface area (Å²) in [6, 6.07) is 16.0. The first kappa shape index (κ1) is 24.2. The zero-order valence-corrected chi connectivity index (χ0v) is 19.9. The van der Waals surface area contributed by atoms with Crippen molar-refractivity contribution in [2.75, 3.05) is 13.1 Å². The first-order valence-electron chi connectivity index (χ1n) is 12.2. The summed E-state index contributed by atoms with van der Waals surface area (Å²) in [5.41, 5.74) is 2.87. The molecule has 1 aliphatic carbocycles. The largest absolute Gasteiger partial charge is 0.439 e. The molecule has 1 saturated carbocycles. The molecule has 1 N–H and O–H groups in total. The van der Waals surface area contributed by atoms with Crippen LogP contribution in [0.1, 0.15) is 43.9 Å². The van der Waals surface area contributed by atoms with E-state index in [1.54, 1.807) is 12.1 Å². The van der Waals surface area contributed by atoms with Crippen molar-refractivity contribution < 1.29 is 14.2 Å². The third kappa shape index (κ3) is 6.33. The van der Waals surface area contributed by atoms with Gasteiger partial charge in [-0.3, -0.25) is 4.90 Å². The molecule has 0 amide bonds. The fraction of sp³-hybridized carbons (Fsp3) is 0.393. The number of halogens is 1. The third-order valence-electron chi connectivity index (χ3n) is 6.15. The van der Waals surface area contributed by atoms with Crippen LogP contribution in [-0.4, -0.2) is 39.0 Å². The Morgan fingerprint density at radius 1 is 1.21 bits per heavy atom. The minimum atomic E-state index is -0.410. The van der Waals surface area contributed by atoms with Crippen molar-refractivity contribution in [3.8, 4) is 17.3 Å². The number of hydrogen-bond acceptors (Lipinski definition) is 4. The van der Waals surface area contributed by atoms with Gasteiger partial charge in [0.05, 0.1) is 23.0 Å². The minimum absolute atomic E-state index is 0.303. The minimum Gasteiger partial charge on any atom is -0.439 e. The van der Waals surface area contributed by atoms with Crippen LogP contribution >= 0.6 is 0 Å². The first-order valence-corrected chi connectivity index (χ1v) is 12.2. The third-order valence-corrected chi connectivity index (χ3v) is 6.15. The molecule has 2 aromatic carbocycles. The number of hydrogen-bond donors (Lipinski definition) is 1. The molecule has 1 heterocycles. The van der Waals surface area contributed by atoms with E-state index in [1.807, 2.05) is 41.1 Å². The highest BCUT2D eigenvalue weighted by Gasteiger charge is 2.28. The Morgan fingerprint density at radius 3 is 2.59 bits per heavy atom. The van der Waals surface area contributed by atoms with E-state index in [0.717, 1.165) is 36.3 Å². The van der Waals surface area contributed by atoms with Gasteiger partial charge >= 0.3 is 0 Å². The number of ether oxygens (including phenoxy) is 1. The topological polar surface area (TPSA) is 50.5 Å². The van der Waals surface area contributed by atoms with Crippen LogP contribution < -0.4 is 4.74 Å². The zero-order chi connectivity index (χ0) is 23.9. The summed E-state index contributed by atoms with van der Waals surface area (Å²) < 4.78 is 21.7. The van der Waals surface area contributed by atoms with E-state index in [9.17, 15) is 9.50 Å². The number of aromatic nitrogens is 2. The Hall–Kier alpha value is -2.96. The van der Waals surface area contributed by atoms with Crippen molar-refractivity contribution in [2.45, 2.75) is 51.7 Å². The van der Waals surface area contributed by atoms with Crippen molar-refractivity contribution in [1.82, 2.24) is 14.7 Å². The van der Waals surface area contributed by atoms with Gasteiger partial charge in [-0.15, -0.1) is 6.58 Å². The molecular weight excluding hydrogens is 429 g/mol. The van der Waals surface area contributed by atoms with Gasteiger partial charge in [-0.1, -0.05) is 31.2 Å². The molecule has 0 bridgehead atoms. The van der Waals surface area contributed by atoms with E-state index < -0.39 is 6.10 Å². The summed E-state index contributed by atoms with van der Waals surface area (Å²) in [6.07, 6.45) is 6.17. The van der Waals surface area contributed by atoms with Gasteiger partial charge in [0.2, 0.25) is 5.88 Å². The van der Waals surface area contributed by atoms with Crippen LogP contribution in [0.4, 0.5) is 4.39 Å². The number of aliphatic hydroxyl groups is 1. The molecule has 1 atom stereocenters. The second-order valence-electron chi connectivity index (χ2n) is 9.04. The first-order chi connectivity index (χ1) is 16.6. The quantitative estimate of drug-likeness (QED) is 0.321. The number of aryl methyl sites for hydroxylation is 1. The fourth-order valence-corrected chi connectivity index (χ4v) is 4.18. The maximum absolute atomic E-state index is 13.5. The van der Waals surface area contributed by atoms with E-state index in [2.05, 4.69) is 18.4 Å². The second kappa shape index (κ2) is 11.4. The normalized spacial score (nSPS) is 14.4. The average Bonchev–Trinajstić information content (AvgIpc) is 3.60. The van der Waals surface area contributed by atoms with Crippen LogP contribution in [0, 0.1) is 11.7 Å². The number of rotatable bonds is 13. The van der Waals surface area contributed by atoms with Gasteiger partial charge in [-0.25, -0.2) is 9.07 Å². The standard InChI is InChI=1S/C28H34FN3O2/c1-3-5-11-24(33)19-31(18-21-12-13-21)20-26-27(4-2)30-32(23-9-7-6-8-10-23)28(26)34-25-16-14-22(29)15-17-25/h3,6-10,14-17,21,24,33H,1,4-5,11-13,18-20H2,2H3. The molecule has 6 heteroatoms. The van der Waals surface area contributed by atoms with Crippen LogP contribution in [0.25, 0.3) is 5.69 Å². The van der Waals surface area contributed by atoms with E-state index in [0.29, 0.717) is 37.1 Å². The lowest BCUT2D eigenvalue weighted by Gasteiger charge is -2.25. The highest BCUT2D eigenvalue weighted by atomic mass is 19.1. The van der Waals surface area contributed by atoms with Crippen molar-refractivity contribution >= 4 is 0 Å². The van der Waals surface area contributed by atoms with E-state index >= 15 is 0 Å². The molecule has 0 spiro atoms. The second-order valence-corrected chi connectivity index (χ2v) is 9.04. The molecule has 1 aliphatic rings. The number of para-hydroxylation sites is 1. The molecule has 1 fully saturated rings. The average molecular weight is 464 g/mol. The predicted octanol–water partition coefficient (Wildman–Crippen LogP) is 5.91. The lowest BCUT2D eigenvalue weighted by atomic mass is 10.1. The van der Waals surface area contributed by atoms with Crippen molar-refractivity contribution in [3.63, 3.8) is 0 Å². The van der Waals surface area contributed by atoms with Crippen LogP contribution in [-0.2, 0) is 13.0 Å². The van der Waals surface area contributed by atoms with E-state index in [4.69, 9.17) is 9.84 Å². The van der Waals surface area contributed by atoms with Gasteiger partial charge in [0.1, 0.15) is 11.6 Å². The summed E-state index contributed by atoms with van der Waals surface area (Å²) in [5, 5.41) is 15.5. The summed E-state index contributed by atoms with van der Waals surface area (Å²) in [5.74, 6) is 1.57. The van der Waals surface area contributed by atoms with Gasteiger partial charge in [0.15, 0.2) is 0 Å². The molecule has 0 aliphatic heterocycles. The Morgan fingerprint density at radius 2 is 1.94 bits per heavy atom. The van der Waals surface area contributed by atoms with Crippen molar-refractivity contribution in [3.05, 3.63) is 84.3 Å². The number of nitrogens with zero attached hydrogens (tertiary/aromatic N) is 3. The Labute approximate surface area is 201 Å². The molecule has 4 rings (SSSR count). The van der Waals surface area contributed by atoms with Gasteiger partial charge in [0, 0.05) is 19.6 Å². The molecule has 5 nitrogen and oxygen atoms in total. The maximum Gasteiger partial charge on any atom is 0.227 e. The lowest BCUT2D eigenvalue weighted by molar-refractivity contribution is 0.0990. The van der Waals surface area contributed by atoms with Gasteiger partial charge in [0.25, 0.3) is 0 Å². The highest BCUT2D eigenvalue weighted by Crippen LogP contribution is 2.34. The maximum atomic E-state index is 13.5. The number of allylic oxidation sites excluding steroid dienone is 1. The molecule has 180 valence electrons. The monoisotopic (exact) mass is 463 g/mol. The number of aliphatic hydroxyl groups excluding tert-OH is 1. The van der Waals surface area contributed by atoms with E-state index in [-0.39, 0.29) is 5.82 Å². The summed E-state index contributed by atoms with van der Waals surface area (Å²) in [4.78, 5) is 2.33. The SMILES string of the molecule is C=CCCC(O)CN(Cc1c(CC)nn(-c2ccccc2)c1Oc1ccc(F)cc1)CC1CC1. The molecule has 3 aromatic rings. The summed E-state index contributed by atoms with van der Waals surface area (Å²) in [7, 11) is 0. The predicted molar refractivity (Wildman–Crippen MR) is 133 cm³/mol. The zero-order valence-electron chi connectivity index (χ0n) is 19.9. The Balaban J connectivity index is 1.69. The number of benzene rings is 2. The molecule has 0 radical (unpaired) electrons. The smallest absolute Gasteiger partial charge is 0.227 e. The van der Waals surface area contributed by atoms with Crippen molar-refractivity contribution in [2.24, 2.45) is 5.92 Å². The van der Waals surface area contributed by atoms with Gasteiger partial charge < -0.3 is 9.84 Å².